The van der Waals surface area contributed by atoms with Crippen molar-refractivity contribution in [2.45, 2.75) is 50.7 Å². The summed E-state index contributed by atoms with van der Waals surface area (Å²) in [4.78, 5) is 36.9. The molecule has 0 radical (unpaired) electrons. The van der Waals surface area contributed by atoms with E-state index in [2.05, 4.69) is 30.2 Å². The van der Waals surface area contributed by atoms with E-state index in [-0.39, 0.29) is 18.2 Å². The Morgan fingerprint density at radius 1 is 0.974 bits per heavy atom. The number of carbonyl (C=O) groups excluding carboxylic acids is 1. The maximum atomic E-state index is 12.9. The lowest BCUT2D eigenvalue weighted by atomic mass is 9.91. The van der Waals surface area contributed by atoms with Gasteiger partial charge in [0.05, 0.1) is 29.3 Å². The van der Waals surface area contributed by atoms with Crippen LogP contribution in [0.3, 0.4) is 0 Å². The Morgan fingerprint density at radius 2 is 1.77 bits per heavy atom. The number of anilines is 2. The molecule has 1 atom stereocenters. The number of likely N-dealkylation sites (tertiary alicyclic amines) is 2. The van der Waals surface area contributed by atoms with Gasteiger partial charge in [0.15, 0.2) is 0 Å². The topological polar surface area (TPSA) is 120 Å². The van der Waals surface area contributed by atoms with Crippen LogP contribution in [0, 0.1) is 0 Å². The molecule has 0 spiro atoms. The van der Waals surface area contributed by atoms with E-state index in [4.69, 9.17) is 4.74 Å². The molecule has 206 valence electrons. The maximum Gasteiger partial charge on any atom is 0.321 e. The predicted molar refractivity (Wildman–Crippen MR) is 148 cm³/mol. The van der Waals surface area contributed by atoms with Gasteiger partial charge >= 0.3 is 6.03 Å². The number of aliphatic hydroxyl groups is 1. The lowest BCUT2D eigenvalue weighted by molar-refractivity contribution is 0.0300. The van der Waals surface area contributed by atoms with E-state index < -0.39 is 0 Å². The normalized spacial score (nSPS) is 20.6. The van der Waals surface area contributed by atoms with E-state index >= 15 is 0 Å². The summed E-state index contributed by atoms with van der Waals surface area (Å²) in [6.45, 7) is 5.42. The zero-order valence-corrected chi connectivity index (χ0v) is 22.2. The number of amides is 2. The first kappa shape index (κ1) is 25.7. The second-order valence-electron chi connectivity index (χ2n) is 10.6. The molecule has 11 heteroatoms. The monoisotopic (exact) mass is 532 g/mol. The lowest BCUT2D eigenvalue weighted by Gasteiger charge is -2.32. The number of urea groups is 1. The largest absolute Gasteiger partial charge is 0.492 e. The highest BCUT2D eigenvalue weighted by Gasteiger charge is 2.26. The smallest absolute Gasteiger partial charge is 0.321 e. The summed E-state index contributed by atoms with van der Waals surface area (Å²) in [7, 11) is 0. The van der Waals surface area contributed by atoms with Gasteiger partial charge in [-0.05, 0) is 50.7 Å². The summed E-state index contributed by atoms with van der Waals surface area (Å²) in [5, 5.41) is 13.9. The molecule has 2 amide bonds. The van der Waals surface area contributed by atoms with Gasteiger partial charge < -0.3 is 25.0 Å². The van der Waals surface area contributed by atoms with Gasteiger partial charge in [-0.2, -0.15) is 0 Å². The van der Waals surface area contributed by atoms with Crippen LogP contribution in [-0.4, -0.2) is 93.0 Å². The molecule has 11 nitrogen and oxygen atoms in total. The number of rotatable bonds is 7. The fraction of sp³-hybridized carbons (Fsp3) is 0.536. The highest BCUT2D eigenvalue weighted by Crippen LogP contribution is 2.32. The molecule has 3 aliphatic rings. The number of nitrogens with one attached hydrogen (secondary N) is 1. The number of hydrogen-bond donors (Lipinski definition) is 2. The number of benzene rings is 1. The van der Waals surface area contributed by atoms with Crippen LogP contribution in [0.25, 0.3) is 10.9 Å². The van der Waals surface area contributed by atoms with Gasteiger partial charge in [0, 0.05) is 56.6 Å². The minimum Gasteiger partial charge on any atom is -0.492 e. The van der Waals surface area contributed by atoms with Crippen molar-refractivity contribution in [2.75, 3.05) is 56.1 Å². The van der Waals surface area contributed by atoms with Crippen molar-refractivity contribution >= 4 is 28.6 Å². The fourth-order valence-corrected chi connectivity index (χ4v) is 5.85. The number of nitrogens with zero attached hydrogens (tertiary/aromatic N) is 7. The van der Waals surface area contributed by atoms with Crippen LogP contribution < -0.4 is 15.0 Å². The van der Waals surface area contributed by atoms with Gasteiger partial charge in [0.1, 0.15) is 24.9 Å². The molecule has 2 aromatic heterocycles. The molecule has 1 unspecified atom stereocenters. The first-order chi connectivity index (χ1) is 19.1. The third kappa shape index (κ3) is 5.89. The van der Waals surface area contributed by atoms with E-state index in [1.54, 1.807) is 18.7 Å². The minimum atomic E-state index is -0.349. The Hall–Kier alpha value is -3.57. The molecule has 1 aromatic carbocycles. The standard InChI is InChI=1S/C28H36N8O3/c37-25-4-3-11-34(25)14-15-39-22-5-6-23-24(16-22)31-19-32-26(23)20-7-12-36(13-8-20)28(38)33-21-17-29-27(30-18-21)35-9-1-2-10-35/h5-6,16-20,25,37H,1-4,7-15H2,(H,33,38). The van der Waals surface area contributed by atoms with E-state index in [1.165, 1.54) is 12.8 Å². The van der Waals surface area contributed by atoms with Crippen LogP contribution in [0.15, 0.2) is 36.9 Å². The van der Waals surface area contributed by atoms with Crippen LogP contribution in [-0.2, 0) is 0 Å². The minimum absolute atomic E-state index is 0.123. The summed E-state index contributed by atoms with van der Waals surface area (Å²) in [6.07, 6.45) is 10.5. The van der Waals surface area contributed by atoms with Gasteiger partial charge in [0.2, 0.25) is 5.95 Å². The fourth-order valence-electron chi connectivity index (χ4n) is 5.85. The van der Waals surface area contributed by atoms with Crippen LogP contribution in [0.2, 0.25) is 0 Å². The average molecular weight is 533 g/mol. The van der Waals surface area contributed by atoms with Crippen molar-refractivity contribution < 1.29 is 14.6 Å². The number of fused-ring (bicyclic) bond motifs is 1. The van der Waals surface area contributed by atoms with E-state index in [9.17, 15) is 9.90 Å². The van der Waals surface area contributed by atoms with Gasteiger partial charge in [0.25, 0.3) is 0 Å². The molecule has 2 N–H and O–H groups in total. The molecule has 3 saturated heterocycles. The van der Waals surface area contributed by atoms with Gasteiger partial charge in [-0.1, -0.05) is 0 Å². The van der Waals surface area contributed by atoms with Crippen molar-refractivity contribution in [1.29, 1.82) is 0 Å². The average Bonchev–Trinajstić information content (AvgIpc) is 3.65. The maximum absolute atomic E-state index is 12.9. The molecule has 3 aromatic rings. The van der Waals surface area contributed by atoms with Gasteiger partial charge in [-0.25, -0.2) is 24.7 Å². The Bertz CT molecular complexity index is 1280. The van der Waals surface area contributed by atoms with Gasteiger partial charge in [-0.15, -0.1) is 0 Å². The summed E-state index contributed by atoms with van der Waals surface area (Å²) in [5.41, 5.74) is 2.50. The molecule has 39 heavy (non-hydrogen) atoms. The van der Waals surface area contributed by atoms with Crippen LogP contribution in [0.4, 0.5) is 16.4 Å². The first-order valence-electron chi connectivity index (χ1n) is 14.1. The molecular formula is C28H36N8O3. The lowest BCUT2D eigenvalue weighted by Crippen LogP contribution is -2.40. The van der Waals surface area contributed by atoms with Crippen LogP contribution in [0.1, 0.15) is 50.1 Å². The molecule has 0 saturated carbocycles. The number of piperidine rings is 1. The third-order valence-electron chi connectivity index (χ3n) is 8.06. The highest BCUT2D eigenvalue weighted by molar-refractivity contribution is 5.89. The van der Waals surface area contributed by atoms with Crippen molar-refractivity contribution in [3.05, 3.63) is 42.6 Å². The second-order valence-corrected chi connectivity index (χ2v) is 10.6. The number of hydrogen-bond acceptors (Lipinski definition) is 9. The van der Waals surface area contributed by atoms with Crippen molar-refractivity contribution in [1.82, 2.24) is 29.7 Å². The zero-order chi connectivity index (χ0) is 26.6. The van der Waals surface area contributed by atoms with Crippen molar-refractivity contribution in [2.24, 2.45) is 0 Å². The second kappa shape index (κ2) is 11.7. The Labute approximate surface area is 228 Å². The Balaban J connectivity index is 1.02. The molecule has 3 fully saturated rings. The Morgan fingerprint density at radius 3 is 2.51 bits per heavy atom. The first-order valence-corrected chi connectivity index (χ1v) is 14.1. The summed E-state index contributed by atoms with van der Waals surface area (Å²) in [5.74, 6) is 1.75. The van der Waals surface area contributed by atoms with Crippen LogP contribution >= 0.6 is 0 Å². The third-order valence-corrected chi connectivity index (χ3v) is 8.06. The quantitative estimate of drug-likeness (QED) is 0.473. The molecule has 0 aliphatic carbocycles. The number of carbonyl (C=O) groups is 1. The number of ether oxygens (including phenoxy) is 1. The molecule has 6 rings (SSSR count). The Kier molecular flexibility index (Phi) is 7.69. The van der Waals surface area contributed by atoms with Crippen molar-refractivity contribution in [3.63, 3.8) is 0 Å². The highest BCUT2D eigenvalue weighted by atomic mass is 16.5. The summed E-state index contributed by atoms with van der Waals surface area (Å²) >= 11 is 0. The molecular weight excluding hydrogens is 496 g/mol. The number of aliphatic hydroxyl groups excluding tert-OH is 1. The van der Waals surface area contributed by atoms with Gasteiger partial charge in [-0.3, -0.25) is 4.90 Å². The molecule has 5 heterocycles. The van der Waals surface area contributed by atoms with E-state index in [0.717, 1.165) is 73.6 Å². The number of aromatic nitrogens is 4. The van der Waals surface area contributed by atoms with Crippen LogP contribution in [0.5, 0.6) is 5.75 Å². The summed E-state index contributed by atoms with van der Waals surface area (Å²) in [6, 6.07) is 5.84. The predicted octanol–water partition coefficient (Wildman–Crippen LogP) is 3.22. The van der Waals surface area contributed by atoms with E-state index in [0.29, 0.717) is 31.9 Å². The SMILES string of the molecule is O=C(Nc1cnc(N2CCCC2)nc1)N1CCC(c2ncnc3cc(OCCN4CCCC4O)ccc23)CC1. The zero-order valence-electron chi connectivity index (χ0n) is 22.2. The molecule has 3 aliphatic heterocycles. The molecule has 0 bridgehead atoms. The van der Waals surface area contributed by atoms with Crippen molar-refractivity contribution in [3.8, 4) is 5.75 Å². The summed E-state index contributed by atoms with van der Waals surface area (Å²) < 4.78 is 5.96. The van der Waals surface area contributed by atoms with E-state index in [1.807, 2.05) is 28.0 Å².